The third kappa shape index (κ3) is 3.60. The van der Waals surface area contributed by atoms with E-state index in [4.69, 9.17) is 0 Å². The number of benzene rings is 1. The number of hydrogen-bond donors (Lipinski definition) is 0. The fourth-order valence-electron chi connectivity index (χ4n) is 2.44. The first-order valence-corrected chi connectivity index (χ1v) is 9.14. The molecule has 1 fully saturated rings. The number of carbonyl (C=O) groups excluding carboxylic acids is 1. The smallest absolute Gasteiger partial charge is 0.130 e. The van der Waals surface area contributed by atoms with E-state index in [-0.39, 0.29) is 11.7 Å². The van der Waals surface area contributed by atoms with Gasteiger partial charge in [0, 0.05) is 45.4 Å². The van der Waals surface area contributed by atoms with E-state index < -0.39 is 26.2 Å². The van der Waals surface area contributed by atoms with E-state index in [1.807, 2.05) is 30.3 Å². The summed E-state index contributed by atoms with van der Waals surface area (Å²) in [4.78, 5) is 11.5. The number of carbonyl (C=O) groups is 1. The second-order valence-electron chi connectivity index (χ2n) is 4.81. The lowest BCUT2D eigenvalue weighted by Gasteiger charge is -2.28. The second kappa shape index (κ2) is 6.57. The molecule has 0 bridgehead atoms. The maximum Gasteiger partial charge on any atom is 0.130 e. The van der Waals surface area contributed by atoms with Crippen LogP contribution in [0.2, 0.25) is 0 Å². The maximum atomic E-state index is 12.2. The molecule has 0 saturated carbocycles. The van der Waals surface area contributed by atoms with Crippen molar-refractivity contribution >= 4 is 27.4 Å². The van der Waals surface area contributed by atoms with Crippen LogP contribution < -0.4 is 0 Å². The van der Waals surface area contributed by atoms with Crippen molar-refractivity contribution < 1.29 is 13.2 Å². The SMILES string of the molecule is CC(=O)C[C@H](c1ccccc1)C1S(=O)CCCS1=O. The van der Waals surface area contributed by atoms with Crippen molar-refractivity contribution in [2.75, 3.05) is 11.5 Å². The van der Waals surface area contributed by atoms with Crippen LogP contribution in [-0.2, 0) is 26.4 Å². The summed E-state index contributed by atoms with van der Waals surface area (Å²) in [6, 6.07) is 9.56. The lowest BCUT2D eigenvalue weighted by Crippen LogP contribution is -2.36. The fraction of sp³-hybridized carbons (Fsp3) is 0.500. The summed E-state index contributed by atoms with van der Waals surface area (Å²) >= 11 is 0. The zero-order chi connectivity index (χ0) is 13.8. The third-order valence-corrected chi connectivity index (χ3v) is 7.64. The highest BCUT2D eigenvalue weighted by atomic mass is 32.2. The number of hydrogen-bond acceptors (Lipinski definition) is 3. The van der Waals surface area contributed by atoms with Gasteiger partial charge in [0.2, 0.25) is 0 Å². The monoisotopic (exact) mass is 298 g/mol. The molecule has 1 aromatic rings. The van der Waals surface area contributed by atoms with E-state index in [1.54, 1.807) is 0 Å². The Morgan fingerprint density at radius 3 is 2.32 bits per heavy atom. The summed E-state index contributed by atoms with van der Waals surface area (Å²) in [6.07, 6.45) is 1.06. The van der Waals surface area contributed by atoms with E-state index >= 15 is 0 Å². The van der Waals surface area contributed by atoms with Crippen LogP contribution in [0, 0.1) is 0 Å². The summed E-state index contributed by atoms with van der Waals surface area (Å²) in [5.41, 5.74) is 0.964. The average Bonchev–Trinajstić information content (AvgIpc) is 2.38. The Hall–Kier alpha value is -0.810. The lowest BCUT2D eigenvalue weighted by atomic mass is 9.96. The Morgan fingerprint density at radius 1 is 1.21 bits per heavy atom. The molecule has 0 spiro atoms. The molecular formula is C14H18O3S2. The molecule has 3 atom stereocenters. The van der Waals surface area contributed by atoms with Crippen LogP contribution in [0.1, 0.15) is 31.2 Å². The van der Waals surface area contributed by atoms with Crippen LogP contribution in [0.4, 0.5) is 0 Å². The average molecular weight is 298 g/mol. The molecule has 5 heteroatoms. The molecule has 0 N–H and O–H groups in total. The van der Waals surface area contributed by atoms with Crippen LogP contribution in [0.25, 0.3) is 0 Å². The van der Waals surface area contributed by atoms with Gasteiger partial charge in [-0.05, 0) is 18.9 Å². The lowest BCUT2D eigenvalue weighted by molar-refractivity contribution is -0.117. The summed E-state index contributed by atoms with van der Waals surface area (Å²) in [5.74, 6) is 1.05. The van der Waals surface area contributed by atoms with E-state index in [1.165, 1.54) is 6.92 Å². The second-order valence-corrected chi connectivity index (χ2v) is 8.47. The standard InChI is InChI=1S/C14H18O3S2/c1-11(15)10-13(12-6-3-2-4-7-12)14-18(16)8-5-9-19(14)17/h2-4,6-7,13-14H,5,8-10H2,1H3/t13-,14?,18?,19?/m1/s1. The van der Waals surface area contributed by atoms with Crippen LogP contribution in [0.5, 0.6) is 0 Å². The largest absolute Gasteiger partial charge is 0.300 e. The van der Waals surface area contributed by atoms with E-state index in [0.717, 1.165) is 12.0 Å². The summed E-state index contributed by atoms with van der Waals surface area (Å²) < 4.78 is 24.0. The Labute approximate surface area is 118 Å². The van der Waals surface area contributed by atoms with Crippen LogP contribution in [-0.4, -0.2) is 30.3 Å². The minimum Gasteiger partial charge on any atom is -0.300 e. The molecule has 1 aliphatic heterocycles. The Kier molecular flexibility index (Phi) is 5.05. The number of Topliss-reactive ketones (excluding diaryl/α,β-unsaturated/α-hetero) is 1. The molecule has 1 saturated heterocycles. The predicted octanol–water partition coefficient (Wildman–Crippen LogP) is 1.98. The van der Waals surface area contributed by atoms with Gasteiger partial charge in [-0.1, -0.05) is 30.3 Å². The molecule has 0 aliphatic carbocycles. The van der Waals surface area contributed by atoms with Crippen LogP contribution in [0.15, 0.2) is 30.3 Å². The van der Waals surface area contributed by atoms with E-state index in [9.17, 15) is 13.2 Å². The minimum atomic E-state index is -1.11. The topological polar surface area (TPSA) is 51.2 Å². The van der Waals surface area contributed by atoms with Gasteiger partial charge in [0.05, 0.1) is 0 Å². The Balaban J connectivity index is 2.34. The molecule has 3 nitrogen and oxygen atoms in total. The number of rotatable bonds is 4. The van der Waals surface area contributed by atoms with Crippen molar-refractivity contribution in [3.63, 3.8) is 0 Å². The van der Waals surface area contributed by atoms with Crippen LogP contribution in [0.3, 0.4) is 0 Å². The van der Waals surface area contributed by atoms with Crippen molar-refractivity contribution in [1.29, 1.82) is 0 Å². The normalized spacial score (nSPS) is 28.8. The number of ketones is 1. The molecule has 1 aromatic carbocycles. The first kappa shape index (κ1) is 14.6. The van der Waals surface area contributed by atoms with Gasteiger partial charge in [-0.15, -0.1) is 0 Å². The molecule has 2 unspecified atom stereocenters. The van der Waals surface area contributed by atoms with E-state index in [0.29, 0.717) is 17.9 Å². The quantitative estimate of drug-likeness (QED) is 0.854. The molecule has 0 amide bonds. The van der Waals surface area contributed by atoms with Gasteiger partial charge in [0.25, 0.3) is 0 Å². The molecule has 1 heterocycles. The zero-order valence-electron chi connectivity index (χ0n) is 10.9. The molecule has 1 aliphatic rings. The van der Waals surface area contributed by atoms with E-state index in [2.05, 4.69) is 0 Å². The summed E-state index contributed by atoms with van der Waals surface area (Å²) in [6.45, 7) is 1.53. The van der Waals surface area contributed by atoms with Crippen molar-refractivity contribution in [3.05, 3.63) is 35.9 Å². The predicted molar refractivity (Wildman–Crippen MR) is 78.9 cm³/mol. The highest BCUT2D eigenvalue weighted by Crippen LogP contribution is 2.32. The van der Waals surface area contributed by atoms with Gasteiger partial charge in [-0.2, -0.15) is 0 Å². The van der Waals surface area contributed by atoms with Crippen molar-refractivity contribution in [1.82, 2.24) is 0 Å². The highest BCUT2D eigenvalue weighted by molar-refractivity contribution is 8.03. The molecule has 2 rings (SSSR count). The Morgan fingerprint density at radius 2 is 1.79 bits per heavy atom. The van der Waals surface area contributed by atoms with Crippen molar-refractivity contribution in [2.24, 2.45) is 0 Å². The zero-order valence-corrected chi connectivity index (χ0v) is 12.5. The highest BCUT2D eigenvalue weighted by Gasteiger charge is 2.36. The van der Waals surface area contributed by atoms with Crippen molar-refractivity contribution in [3.8, 4) is 0 Å². The van der Waals surface area contributed by atoms with Gasteiger partial charge in [-0.3, -0.25) is 8.42 Å². The third-order valence-electron chi connectivity index (χ3n) is 3.27. The molecule has 0 aromatic heterocycles. The maximum absolute atomic E-state index is 12.2. The molecule has 0 radical (unpaired) electrons. The summed E-state index contributed by atoms with van der Waals surface area (Å²) in [5, 5.41) is 0. The van der Waals surface area contributed by atoms with Crippen LogP contribution >= 0.6 is 0 Å². The molecule has 19 heavy (non-hydrogen) atoms. The fourth-order valence-corrected chi connectivity index (χ4v) is 6.72. The van der Waals surface area contributed by atoms with Gasteiger partial charge < -0.3 is 4.79 Å². The van der Waals surface area contributed by atoms with Crippen molar-refractivity contribution in [2.45, 2.75) is 30.3 Å². The van der Waals surface area contributed by atoms with Gasteiger partial charge in [0.1, 0.15) is 10.4 Å². The molecule has 104 valence electrons. The first-order chi connectivity index (χ1) is 9.09. The molecular weight excluding hydrogens is 280 g/mol. The minimum absolute atomic E-state index is 0.0495. The van der Waals surface area contributed by atoms with Gasteiger partial charge >= 0.3 is 0 Å². The first-order valence-electron chi connectivity index (χ1n) is 6.38. The Bertz CT molecular complexity index is 483. The summed E-state index contributed by atoms with van der Waals surface area (Å²) in [7, 11) is -2.21. The van der Waals surface area contributed by atoms with Gasteiger partial charge in [0.15, 0.2) is 0 Å². The van der Waals surface area contributed by atoms with Gasteiger partial charge in [-0.25, -0.2) is 0 Å².